The van der Waals surface area contributed by atoms with Gasteiger partial charge in [0.25, 0.3) is 0 Å². The minimum atomic E-state index is -0.587. The molecule has 0 aliphatic carbocycles. The molecule has 2 rings (SSSR count). The van der Waals surface area contributed by atoms with Gasteiger partial charge >= 0.3 is 30.5 Å². The van der Waals surface area contributed by atoms with Gasteiger partial charge in [-0.2, -0.15) is 0 Å². The van der Waals surface area contributed by atoms with Gasteiger partial charge in [-0.1, -0.05) is 32.7 Å². The molecule has 2 saturated heterocycles. The third kappa shape index (κ3) is 22.9. The first kappa shape index (κ1) is 51.6. The number of carbonyl (C=O) groups excluding carboxylic acids is 3. The molecule has 10 nitrogen and oxygen atoms in total. The van der Waals surface area contributed by atoms with Gasteiger partial charge in [0.1, 0.15) is 24.6 Å². The van der Waals surface area contributed by atoms with Crippen LogP contribution >= 0.6 is 0 Å². The number of unbranched alkanes of at least 4 members (excludes halogenated alkanes) is 1. The number of piperidine rings is 1. The zero-order valence-electron chi connectivity index (χ0n) is 29.0. The monoisotopic (exact) mass is 847 g/mol. The summed E-state index contributed by atoms with van der Waals surface area (Å²) in [4.78, 5) is 36.8. The van der Waals surface area contributed by atoms with Gasteiger partial charge in [-0.3, -0.25) is 14.4 Å². The van der Waals surface area contributed by atoms with E-state index in [1.54, 1.807) is 7.11 Å². The smallest absolute Gasteiger partial charge is 0.463 e. The molecule has 2 aliphatic heterocycles. The van der Waals surface area contributed by atoms with Crippen LogP contribution in [0.2, 0.25) is 5.82 Å². The summed E-state index contributed by atoms with van der Waals surface area (Å²) in [6.45, 7) is 14.6. The van der Waals surface area contributed by atoms with E-state index in [0.29, 0.717) is 44.4 Å². The molecule has 2 aliphatic rings. The molecule has 2 heterocycles. The van der Waals surface area contributed by atoms with E-state index in [-0.39, 0.29) is 78.7 Å². The van der Waals surface area contributed by atoms with Crippen LogP contribution in [-0.4, -0.2) is 109 Å². The molecule has 3 radical (unpaired) electrons. The molecule has 0 N–H and O–H groups in total. The number of Topliss-reactive ketones (excluding diaryl/α,β-unsaturated/α-hetero) is 1. The van der Waals surface area contributed by atoms with Crippen LogP contribution in [0, 0.1) is 39.5 Å². The summed E-state index contributed by atoms with van der Waals surface area (Å²) in [7, 11) is 9.71. The number of carbonyl (C=O) groups is 3. The Morgan fingerprint density at radius 1 is 0.956 bits per heavy atom. The van der Waals surface area contributed by atoms with Gasteiger partial charge in [0.2, 0.25) is 0 Å². The van der Waals surface area contributed by atoms with Crippen molar-refractivity contribution in [3.63, 3.8) is 0 Å². The molecular weight excluding hydrogens is 788 g/mol. The van der Waals surface area contributed by atoms with Crippen LogP contribution in [0.15, 0.2) is 0 Å². The van der Waals surface area contributed by atoms with Crippen molar-refractivity contribution in [2.45, 2.75) is 90.5 Å². The Balaban J connectivity index is -0.000000476. The zero-order chi connectivity index (χ0) is 30.8. The van der Waals surface area contributed by atoms with Gasteiger partial charge in [0, 0.05) is 86.5 Å². The Morgan fingerprint density at radius 2 is 1.60 bits per heavy atom. The van der Waals surface area contributed by atoms with Crippen LogP contribution in [0.5, 0.6) is 0 Å². The molecule has 7 unspecified atom stereocenters. The molecule has 13 heteroatoms. The number of ether oxygens (including phenoxy) is 6. The number of nitrogens with zero attached hydrogens (tertiary/aromatic N) is 1. The molecule has 0 spiro atoms. The molecule has 0 aromatic carbocycles. The number of hydrogen-bond acceptors (Lipinski definition) is 10. The third-order valence-corrected chi connectivity index (χ3v) is 7.38. The molecule has 261 valence electrons. The fourth-order valence-electron chi connectivity index (χ4n) is 5.23. The van der Waals surface area contributed by atoms with E-state index in [4.69, 9.17) is 36.3 Å². The van der Waals surface area contributed by atoms with Crippen molar-refractivity contribution in [1.82, 2.24) is 4.90 Å². The fourth-order valence-corrected chi connectivity index (χ4v) is 5.23. The Labute approximate surface area is 302 Å². The minimum absolute atomic E-state index is 0. The summed E-state index contributed by atoms with van der Waals surface area (Å²) in [5, 5.41) is 0. The first-order valence-corrected chi connectivity index (χ1v) is 14.9. The number of hydrogen-bond donors (Lipinski definition) is 0. The molecule has 0 amide bonds. The van der Waals surface area contributed by atoms with Crippen molar-refractivity contribution in [1.29, 1.82) is 0 Å². The first-order chi connectivity index (χ1) is 19.5. The summed E-state index contributed by atoms with van der Waals surface area (Å²) in [6.07, 6.45) is 2.77. The largest absolute Gasteiger partial charge is 2.00 e. The number of rotatable bonds is 16. The molecule has 0 saturated carbocycles. The van der Waals surface area contributed by atoms with E-state index < -0.39 is 30.4 Å². The quantitative estimate of drug-likeness (QED) is 0.0967. The van der Waals surface area contributed by atoms with Gasteiger partial charge in [0.05, 0.1) is 14.5 Å². The molecule has 2 fully saturated rings. The van der Waals surface area contributed by atoms with Crippen LogP contribution < -0.4 is 0 Å². The van der Waals surface area contributed by atoms with E-state index in [1.807, 2.05) is 13.8 Å². The maximum atomic E-state index is 11.8. The topological polar surface area (TPSA) is 110 Å². The Morgan fingerprint density at radius 3 is 2.16 bits per heavy atom. The average Bonchev–Trinajstić information content (AvgIpc) is 2.89. The van der Waals surface area contributed by atoms with Crippen LogP contribution in [0.3, 0.4) is 0 Å². The van der Waals surface area contributed by atoms with Gasteiger partial charge in [-0.25, -0.2) is 0 Å². The second-order valence-corrected chi connectivity index (χ2v) is 11.3. The summed E-state index contributed by atoms with van der Waals surface area (Å²) in [5.41, 5.74) is 0. The number of ketones is 1. The molecule has 45 heavy (non-hydrogen) atoms. The Bertz CT molecular complexity index is 760. The van der Waals surface area contributed by atoms with Crippen molar-refractivity contribution in [3.8, 4) is 0 Å². The maximum Gasteiger partial charge on any atom is 2.00 e. The zero-order valence-corrected chi connectivity index (χ0v) is 33.3. The summed E-state index contributed by atoms with van der Waals surface area (Å²) >= 11 is 0. The minimum Gasteiger partial charge on any atom is -0.463 e. The summed E-state index contributed by atoms with van der Waals surface area (Å²) < 4.78 is 32.6. The van der Waals surface area contributed by atoms with E-state index in [0.717, 1.165) is 45.4 Å². The van der Waals surface area contributed by atoms with Crippen molar-refractivity contribution in [3.05, 3.63) is 21.8 Å². The van der Waals surface area contributed by atoms with E-state index in [1.165, 1.54) is 13.8 Å². The molecule has 7 atom stereocenters. The van der Waals surface area contributed by atoms with E-state index >= 15 is 0 Å². The van der Waals surface area contributed by atoms with Crippen molar-refractivity contribution >= 4 is 25.6 Å². The van der Waals surface area contributed by atoms with Gasteiger partial charge in [-0.05, 0) is 38.8 Å². The molecule has 0 bridgehead atoms. The van der Waals surface area contributed by atoms with Crippen LogP contribution in [-0.2, 0) is 82.4 Å². The van der Waals surface area contributed by atoms with Crippen LogP contribution in [0.25, 0.3) is 0 Å². The Kier molecular flexibility index (Phi) is 34.2. The predicted molar refractivity (Wildman–Crippen MR) is 169 cm³/mol. The predicted octanol–water partition coefficient (Wildman–Crippen LogP) is 4.30. The summed E-state index contributed by atoms with van der Waals surface area (Å²) in [5.74, 6) is 0.323. The van der Waals surface area contributed by atoms with Gasteiger partial charge in [0.15, 0.2) is 6.29 Å². The second-order valence-electron chi connectivity index (χ2n) is 11.3. The fraction of sp³-hybridized carbons (Fsp3) is 0.812. The molecule has 0 aromatic rings. The normalized spacial score (nSPS) is 25.8. The average molecular weight is 847 g/mol. The number of esters is 2. The SMILES string of the molecule is [B]C1CC(COC)CN(C)C1.[CH2-]COCCCC(=O)CCCCOC1OC(COC(C)=O)C(OC(C)=O)C(C)C1C.[CH3-].[CH3-].[V+2].[W]. The van der Waals surface area contributed by atoms with Gasteiger partial charge < -0.3 is 55.1 Å². The summed E-state index contributed by atoms with van der Waals surface area (Å²) in [6, 6.07) is 0. The van der Waals surface area contributed by atoms with Crippen molar-refractivity contribution in [2.75, 3.05) is 60.3 Å². The van der Waals surface area contributed by atoms with Crippen LogP contribution in [0.4, 0.5) is 0 Å². The van der Waals surface area contributed by atoms with Crippen molar-refractivity contribution in [2.24, 2.45) is 17.8 Å². The molecular formula is C32H59BNO9VW-. The maximum absolute atomic E-state index is 11.8. The standard InChI is InChI=1S/C22H37O8.C8H16BNO.2CH3.V.W/c1-6-26-12-9-11-19(25)10-7-8-13-27-22-16(3)15(2)21(29-18(5)24)20(30-22)14-28-17(4)23;1-10-4-7(6-11-2)3-8(9)5-10;;;;/h15-16,20-22H,1,6-14H2,2-5H3;7-8H,3-6H2,1-2H3;2*1H3;;/q-1;;2*-1;+2;. The molecule has 0 aromatic heterocycles. The van der Waals surface area contributed by atoms with Crippen molar-refractivity contribution < 1.29 is 82.4 Å². The Hall–Kier alpha value is -0.252. The number of likely N-dealkylation sites (tertiary alicyclic amines) is 1. The third-order valence-electron chi connectivity index (χ3n) is 7.38. The van der Waals surface area contributed by atoms with Crippen LogP contribution in [0.1, 0.15) is 66.2 Å². The van der Waals surface area contributed by atoms with E-state index in [9.17, 15) is 14.4 Å². The van der Waals surface area contributed by atoms with E-state index in [2.05, 4.69) is 18.9 Å². The number of methoxy groups -OCH3 is 1. The van der Waals surface area contributed by atoms with Gasteiger partial charge in [-0.15, -0.1) is 0 Å². The second kappa shape index (κ2) is 29.9. The first-order valence-electron chi connectivity index (χ1n) is 14.9.